The van der Waals surface area contributed by atoms with Gasteiger partial charge in [0.15, 0.2) is 17.5 Å². The number of hydrogen-bond donors (Lipinski definition) is 1. The monoisotopic (exact) mass is 530 g/mol. The van der Waals surface area contributed by atoms with E-state index < -0.39 is 0 Å². The van der Waals surface area contributed by atoms with Gasteiger partial charge in [-0.25, -0.2) is 9.38 Å². The van der Waals surface area contributed by atoms with Gasteiger partial charge in [-0.2, -0.15) is 0 Å². The maximum absolute atomic E-state index is 13.1. The molecule has 0 radical (unpaired) electrons. The molecule has 2 N–H and O–H groups in total. The fourth-order valence-electron chi connectivity index (χ4n) is 3.40. The second-order valence-corrected chi connectivity index (χ2v) is 6.62. The number of methoxy groups -OCH3 is 3. The molecule has 3 rings (SSSR count). The molecule has 30 heavy (non-hydrogen) atoms. The Labute approximate surface area is 193 Å². The number of aliphatic imine (C=N–C) groups is 1. The quantitative estimate of drug-likeness (QED) is 0.352. The summed E-state index contributed by atoms with van der Waals surface area (Å²) in [5.74, 6) is 1.98. The van der Waals surface area contributed by atoms with Crippen LogP contribution in [0.4, 0.5) is 10.1 Å². The van der Waals surface area contributed by atoms with Gasteiger partial charge >= 0.3 is 0 Å². The Balaban J connectivity index is 0.00000320. The first kappa shape index (κ1) is 23.8. The molecule has 0 saturated carbocycles. The van der Waals surface area contributed by atoms with Crippen molar-refractivity contribution in [1.29, 1.82) is 0 Å². The Morgan fingerprint density at radius 2 is 1.57 bits per heavy atom. The van der Waals surface area contributed by atoms with E-state index in [4.69, 9.17) is 19.9 Å². The number of halogens is 2. The van der Waals surface area contributed by atoms with Gasteiger partial charge < -0.3 is 29.7 Å². The molecule has 0 aliphatic carbocycles. The average molecular weight is 530 g/mol. The number of benzene rings is 2. The second-order valence-electron chi connectivity index (χ2n) is 6.62. The Morgan fingerprint density at radius 3 is 2.13 bits per heavy atom. The highest BCUT2D eigenvalue weighted by atomic mass is 127. The van der Waals surface area contributed by atoms with Gasteiger partial charge in [0.25, 0.3) is 0 Å². The summed E-state index contributed by atoms with van der Waals surface area (Å²) in [6, 6.07) is 10.3. The molecule has 2 aromatic rings. The smallest absolute Gasteiger partial charge is 0.203 e. The van der Waals surface area contributed by atoms with Crippen molar-refractivity contribution < 1.29 is 18.6 Å². The standard InChI is InChI=1S/C21H27FN4O3.HI/c1-27-18-9-4-15(19(28-2)20(18)29-3)14-24-21(23)26-12-10-25(11-13-26)17-7-5-16(22)6-8-17;/h4-9H,10-14H2,1-3H3,(H2,23,24);1H. The van der Waals surface area contributed by atoms with Crippen molar-refractivity contribution in [3.05, 3.63) is 47.8 Å². The highest BCUT2D eigenvalue weighted by Gasteiger charge is 2.19. The number of rotatable bonds is 6. The third kappa shape index (κ3) is 5.38. The van der Waals surface area contributed by atoms with Gasteiger partial charge in [0.2, 0.25) is 5.75 Å². The molecule has 0 amide bonds. The van der Waals surface area contributed by atoms with Crippen LogP contribution in [0.5, 0.6) is 17.2 Å². The van der Waals surface area contributed by atoms with Crippen LogP contribution in [0.25, 0.3) is 0 Å². The van der Waals surface area contributed by atoms with E-state index in [1.807, 2.05) is 17.0 Å². The van der Waals surface area contributed by atoms with Crippen LogP contribution in [-0.4, -0.2) is 58.4 Å². The molecule has 0 unspecified atom stereocenters. The van der Waals surface area contributed by atoms with Gasteiger partial charge in [0.05, 0.1) is 27.9 Å². The zero-order valence-corrected chi connectivity index (χ0v) is 19.8. The van der Waals surface area contributed by atoms with Crippen LogP contribution in [0.1, 0.15) is 5.56 Å². The lowest BCUT2D eigenvalue weighted by Crippen LogP contribution is -2.51. The number of hydrogen-bond acceptors (Lipinski definition) is 5. The average Bonchev–Trinajstić information content (AvgIpc) is 2.77. The molecule has 0 bridgehead atoms. The molecule has 9 heteroatoms. The molecule has 164 valence electrons. The molecule has 7 nitrogen and oxygen atoms in total. The summed E-state index contributed by atoms with van der Waals surface area (Å²) < 4.78 is 29.3. The molecule has 1 fully saturated rings. The van der Waals surface area contributed by atoms with E-state index in [9.17, 15) is 4.39 Å². The van der Waals surface area contributed by atoms with Crippen molar-refractivity contribution in [3.63, 3.8) is 0 Å². The summed E-state index contributed by atoms with van der Waals surface area (Å²) >= 11 is 0. The van der Waals surface area contributed by atoms with Crippen LogP contribution in [-0.2, 0) is 6.54 Å². The SMILES string of the molecule is COc1ccc(CN=C(N)N2CCN(c3ccc(F)cc3)CC2)c(OC)c1OC.I. The minimum absolute atomic E-state index is 0. The lowest BCUT2D eigenvalue weighted by atomic mass is 10.1. The van der Waals surface area contributed by atoms with E-state index >= 15 is 0 Å². The molecule has 1 aliphatic heterocycles. The number of guanidine groups is 1. The zero-order valence-electron chi connectivity index (χ0n) is 17.4. The molecule has 1 heterocycles. The molecular weight excluding hydrogens is 502 g/mol. The number of ether oxygens (including phenoxy) is 3. The third-order valence-corrected chi connectivity index (χ3v) is 4.99. The lowest BCUT2D eigenvalue weighted by molar-refractivity contribution is 0.322. The normalized spacial score (nSPS) is 14.2. The summed E-state index contributed by atoms with van der Waals surface area (Å²) in [5.41, 5.74) is 8.10. The molecule has 0 aromatic heterocycles. The predicted octanol–water partition coefficient (Wildman–Crippen LogP) is 3.11. The van der Waals surface area contributed by atoms with E-state index in [1.165, 1.54) is 12.1 Å². The van der Waals surface area contributed by atoms with E-state index in [-0.39, 0.29) is 29.8 Å². The van der Waals surface area contributed by atoms with Crippen LogP contribution in [0, 0.1) is 5.82 Å². The zero-order chi connectivity index (χ0) is 20.8. The summed E-state index contributed by atoms with van der Waals surface area (Å²) in [6.07, 6.45) is 0. The van der Waals surface area contributed by atoms with E-state index in [0.717, 1.165) is 37.4 Å². The first-order valence-electron chi connectivity index (χ1n) is 9.40. The van der Waals surface area contributed by atoms with Gasteiger partial charge in [-0.3, -0.25) is 0 Å². The number of nitrogens with zero attached hydrogens (tertiary/aromatic N) is 3. The van der Waals surface area contributed by atoms with Crippen LogP contribution in [0.15, 0.2) is 41.4 Å². The fourth-order valence-corrected chi connectivity index (χ4v) is 3.40. The van der Waals surface area contributed by atoms with Gasteiger partial charge in [-0.15, -0.1) is 24.0 Å². The molecule has 0 spiro atoms. The first-order chi connectivity index (χ1) is 14.1. The lowest BCUT2D eigenvalue weighted by Gasteiger charge is -2.36. The van der Waals surface area contributed by atoms with E-state index in [2.05, 4.69) is 9.89 Å². The molecule has 0 atom stereocenters. The number of piperazine rings is 1. The van der Waals surface area contributed by atoms with Crippen molar-refractivity contribution in [2.45, 2.75) is 6.54 Å². The van der Waals surface area contributed by atoms with Gasteiger partial charge in [0, 0.05) is 37.4 Å². The Hall–Kier alpha value is -2.43. The largest absolute Gasteiger partial charge is 0.493 e. The topological polar surface area (TPSA) is 72.6 Å². The van der Waals surface area contributed by atoms with Gasteiger partial charge in [0.1, 0.15) is 5.82 Å². The highest BCUT2D eigenvalue weighted by Crippen LogP contribution is 2.39. The van der Waals surface area contributed by atoms with E-state index in [0.29, 0.717) is 29.8 Å². The van der Waals surface area contributed by atoms with Gasteiger partial charge in [-0.1, -0.05) is 0 Å². The second kappa shape index (κ2) is 11.1. The molecular formula is C21H28FIN4O3. The third-order valence-electron chi connectivity index (χ3n) is 4.99. The highest BCUT2D eigenvalue weighted by molar-refractivity contribution is 14.0. The maximum Gasteiger partial charge on any atom is 0.203 e. The van der Waals surface area contributed by atoms with Crippen molar-refractivity contribution in [1.82, 2.24) is 4.90 Å². The Bertz CT molecular complexity index is 856. The van der Waals surface area contributed by atoms with Crippen LogP contribution in [0.3, 0.4) is 0 Å². The Morgan fingerprint density at radius 1 is 0.933 bits per heavy atom. The first-order valence-corrected chi connectivity index (χ1v) is 9.40. The summed E-state index contributed by atoms with van der Waals surface area (Å²) in [5, 5.41) is 0. The minimum atomic E-state index is -0.227. The van der Waals surface area contributed by atoms with Crippen LogP contribution < -0.4 is 24.8 Å². The predicted molar refractivity (Wildman–Crippen MR) is 127 cm³/mol. The fraction of sp³-hybridized carbons (Fsp3) is 0.381. The van der Waals surface area contributed by atoms with Gasteiger partial charge in [-0.05, 0) is 36.4 Å². The molecule has 1 saturated heterocycles. The maximum atomic E-state index is 13.1. The van der Waals surface area contributed by atoms with Crippen molar-refractivity contribution >= 4 is 35.6 Å². The van der Waals surface area contributed by atoms with Crippen LogP contribution in [0.2, 0.25) is 0 Å². The Kier molecular flexibility index (Phi) is 8.82. The summed E-state index contributed by atoms with van der Waals surface area (Å²) in [4.78, 5) is 8.80. The van der Waals surface area contributed by atoms with Crippen molar-refractivity contribution in [3.8, 4) is 17.2 Å². The van der Waals surface area contributed by atoms with Crippen molar-refractivity contribution in [2.24, 2.45) is 10.7 Å². The number of anilines is 1. The minimum Gasteiger partial charge on any atom is -0.493 e. The van der Waals surface area contributed by atoms with Crippen molar-refractivity contribution in [2.75, 3.05) is 52.4 Å². The number of nitrogens with two attached hydrogens (primary N) is 1. The summed E-state index contributed by atoms with van der Waals surface area (Å²) in [7, 11) is 4.74. The molecule has 2 aromatic carbocycles. The summed E-state index contributed by atoms with van der Waals surface area (Å²) in [6.45, 7) is 3.45. The van der Waals surface area contributed by atoms with E-state index in [1.54, 1.807) is 33.5 Å². The molecule has 1 aliphatic rings. The van der Waals surface area contributed by atoms with Crippen LogP contribution >= 0.6 is 24.0 Å².